The number of hydrogen-bond donors (Lipinski definition) is 1. The number of carboxylic acid groups (broad SMARTS) is 1. The van der Waals surface area contributed by atoms with Gasteiger partial charge in [0.05, 0.1) is 7.11 Å². The average Bonchev–Trinajstić information content (AvgIpc) is 2.59. The third-order valence-corrected chi connectivity index (χ3v) is 4.09. The Kier molecular flexibility index (Phi) is 6.17. The molecular formula is C17H21NO6. The van der Waals surface area contributed by atoms with Crippen LogP contribution in [0.5, 0.6) is 0 Å². The minimum atomic E-state index is -1.31. The molecule has 1 heterocycles. The van der Waals surface area contributed by atoms with Crippen molar-refractivity contribution in [3.8, 4) is 0 Å². The van der Waals surface area contributed by atoms with Gasteiger partial charge < -0.3 is 19.5 Å². The summed E-state index contributed by atoms with van der Waals surface area (Å²) in [7, 11) is 1.26. The van der Waals surface area contributed by atoms with Gasteiger partial charge in [0.25, 0.3) is 0 Å². The van der Waals surface area contributed by atoms with Crippen molar-refractivity contribution in [3.63, 3.8) is 0 Å². The number of likely N-dealkylation sites (tertiary alicyclic amines) is 1. The Labute approximate surface area is 140 Å². The largest absolute Gasteiger partial charge is 0.506 e. The van der Waals surface area contributed by atoms with Crippen LogP contribution in [0.4, 0.5) is 4.79 Å². The molecule has 1 N–H and O–H groups in total. The second-order valence-electron chi connectivity index (χ2n) is 5.67. The molecule has 1 unspecified atom stereocenters. The summed E-state index contributed by atoms with van der Waals surface area (Å²) in [5.41, 5.74) is 0.880. The molecular weight excluding hydrogens is 314 g/mol. The Balaban J connectivity index is 2.00. The number of rotatable bonds is 5. The second-order valence-corrected chi connectivity index (χ2v) is 5.67. The molecule has 1 aliphatic heterocycles. The Morgan fingerprint density at radius 3 is 2.38 bits per heavy atom. The molecule has 1 amide bonds. The zero-order valence-corrected chi connectivity index (χ0v) is 13.5. The summed E-state index contributed by atoms with van der Waals surface area (Å²) in [5, 5.41) is 8.63. The predicted molar refractivity (Wildman–Crippen MR) is 84.4 cm³/mol. The van der Waals surface area contributed by atoms with Crippen molar-refractivity contribution in [2.24, 2.45) is 5.92 Å². The molecule has 0 saturated carbocycles. The van der Waals surface area contributed by atoms with Gasteiger partial charge in [-0.3, -0.25) is 9.59 Å². The number of ether oxygens (including phenoxy) is 2. The second kappa shape index (κ2) is 8.33. The standard InChI is InChI=1S/C17H21NO6/c1-23-16(20)14(11-12-5-3-2-4-6-12)15(19)18-9-7-13(8-10-18)24-17(21)22/h2-6,13-14H,7-11H2,1H3,(H,21,22). The van der Waals surface area contributed by atoms with Crippen LogP contribution in [-0.2, 0) is 25.5 Å². The summed E-state index contributed by atoms with van der Waals surface area (Å²) in [4.78, 5) is 36.9. The summed E-state index contributed by atoms with van der Waals surface area (Å²) >= 11 is 0. The molecule has 1 atom stereocenters. The predicted octanol–water partition coefficient (Wildman–Crippen LogP) is 1.70. The maximum atomic E-state index is 12.7. The molecule has 0 bridgehead atoms. The van der Waals surface area contributed by atoms with Crippen LogP contribution in [0.3, 0.4) is 0 Å². The molecule has 1 saturated heterocycles. The number of methoxy groups -OCH3 is 1. The van der Waals surface area contributed by atoms with E-state index in [0.29, 0.717) is 25.9 Å². The van der Waals surface area contributed by atoms with E-state index in [1.807, 2.05) is 30.3 Å². The zero-order chi connectivity index (χ0) is 17.5. The fraction of sp³-hybridized carbons (Fsp3) is 0.471. The maximum absolute atomic E-state index is 12.7. The highest BCUT2D eigenvalue weighted by molar-refractivity contribution is 5.98. The summed E-state index contributed by atoms with van der Waals surface area (Å²) in [6.07, 6.45) is -0.583. The van der Waals surface area contributed by atoms with E-state index in [4.69, 9.17) is 14.6 Å². The van der Waals surface area contributed by atoms with Crippen molar-refractivity contribution in [3.05, 3.63) is 35.9 Å². The molecule has 130 valence electrons. The van der Waals surface area contributed by atoms with Crippen LogP contribution in [0.1, 0.15) is 18.4 Å². The van der Waals surface area contributed by atoms with Gasteiger partial charge in [-0.25, -0.2) is 4.79 Å². The molecule has 0 spiro atoms. The number of hydrogen-bond acceptors (Lipinski definition) is 5. The van der Waals surface area contributed by atoms with Crippen LogP contribution < -0.4 is 0 Å². The van der Waals surface area contributed by atoms with Crippen molar-refractivity contribution in [1.82, 2.24) is 4.90 Å². The minimum absolute atomic E-state index is 0.276. The van der Waals surface area contributed by atoms with Gasteiger partial charge in [0.1, 0.15) is 12.0 Å². The highest BCUT2D eigenvalue weighted by atomic mass is 16.7. The number of piperidine rings is 1. The van der Waals surface area contributed by atoms with Crippen LogP contribution in [0, 0.1) is 5.92 Å². The van der Waals surface area contributed by atoms with Gasteiger partial charge >= 0.3 is 12.1 Å². The molecule has 0 aliphatic carbocycles. The third kappa shape index (κ3) is 4.71. The first-order valence-corrected chi connectivity index (χ1v) is 7.81. The molecule has 7 nitrogen and oxygen atoms in total. The van der Waals surface area contributed by atoms with E-state index in [1.54, 1.807) is 4.90 Å². The molecule has 0 radical (unpaired) electrons. The lowest BCUT2D eigenvalue weighted by atomic mass is 9.96. The van der Waals surface area contributed by atoms with Crippen molar-refractivity contribution in [2.45, 2.75) is 25.4 Å². The number of nitrogens with zero attached hydrogens (tertiary/aromatic N) is 1. The fourth-order valence-electron chi connectivity index (χ4n) is 2.82. The van der Waals surface area contributed by atoms with Crippen LogP contribution in [-0.4, -0.2) is 54.3 Å². The van der Waals surface area contributed by atoms with Crippen molar-refractivity contribution < 1.29 is 29.0 Å². The van der Waals surface area contributed by atoms with Crippen LogP contribution >= 0.6 is 0 Å². The van der Waals surface area contributed by atoms with Crippen molar-refractivity contribution in [2.75, 3.05) is 20.2 Å². The smallest absolute Gasteiger partial charge is 0.468 e. The highest BCUT2D eigenvalue weighted by Gasteiger charge is 2.34. The number of carbonyl (C=O) groups is 3. The normalized spacial score (nSPS) is 16.3. The minimum Gasteiger partial charge on any atom is -0.468 e. The summed E-state index contributed by atoms with van der Waals surface area (Å²) in [6.45, 7) is 0.720. The average molecular weight is 335 g/mol. The Bertz CT molecular complexity index is 580. The third-order valence-electron chi connectivity index (χ3n) is 4.09. The molecule has 1 aromatic carbocycles. The van der Waals surface area contributed by atoms with E-state index < -0.39 is 24.1 Å². The SMILES string of the molecule is COC(=O)C(Cc1ccccc1)C(=O)N1CCC(OC(=O)O)CC1. The Morgan fingerprint density at radius 1 is 1.21 bits per heavy atom. The van der Waals surface area contributed by atoms with Crippen molar-refractivity contribution >= 4 is 18.0 Å². The van der Waals surface area contributed by atoms with E-state index in [-0.39, 0.29) is 12.3 Å². The van der Waals surface area contributed by atoms with E-state index in [9.17, 15) is 14.4 Å². The lowest BCUT2D eigenvalue weighted by molar-refractivity contribution is -0.154. The summed E-state index contributed by atoms with van der Waals surface area (Å²) in [6, 6.07) is 9.28. The lowest BCUT2D eigenvalue weighted by Crippen LogP contribution is -2.46. The molecule has 1 aliphatic rings. The van der Waals surface area contributed by atoms with Gasteiger partial charge in [0.2, 0.25) is 5.91 Å². The Morgan fingerprint density at radius 2 is 1.83 bits per heavy atom. The van der Waals surface area contributed by atoms with Gasteiger partial charge in [-0.05, 0) is 12.0 Å². The first kappa shape index (κ1) is 17.8. The quantitative estimate of drug-likeness (QED) is 0.650. The lowest BCUT2D eigenvalue weighted by Gasteiger charge is -2.33. The van der Waals surface area contributed by atoms with E-state index in [2.05, 4.69) is 0 Å². The first-order chi connectivity index (χ1) is 11.5. The molecule has 1 aromatic rings. The van der Waals surface area contributed by atoms with E-state index in [1.165, 1.54) is 7.11 Å². The highest BCUT2D eigenvalue weighted by Crippen LogP contribution is 2.19. The summed E-state index contributed by atoms with van der Waals surface area (Å²) in [5.74, 6) is -1.75. The number of carbonyl (C=O) groups excluding carboxylic acids is 2. The molecule has 0 aromatic heterocycles. The molecule has 1 fully saturated rings. The zero-order valence-electron chi connectivity index (χ0n) is 13.5. The van der Waals surface area contributed by atoms with Crippen LogP contribution in [0.25, 0.3) is 0 Å². The van der Waals surface area contributed by atoms with Crippen LogP contribution in [0.15, 0.2) is 30.3 Å². The van der Waals surface area contributed by atoms with E-state index >= 15 is 0 Å². The van der Waals surface area contributed by atoms with Gasteiger partial charge in [-0.2, -0.15) is 0 Å². The molecule has 2 rings (SSSR count). The fourth-order valence-corrected chi connectivity index (χ4v) is 2.82. The maximum Gasteiger partial charge on any atom is 0.506 e. The Hall–Kier alpha value is -2.57. The molecule has 24 heavy (non-hydrogen) atoms. The monoisotopic (exact) mass is 335 g/mol. The topological polar surface area (TPSA) is 93.1 Å². The number of benzene rings is 1. The van der Waals surface area contributed by atoms with E-state index in [0.717, 1.165) is 5.56 Å². The first-order valence-electron chi connectivity index (χ1n) is 7.81. The van der Waals surface area contributed by atoms with Crippen molar-refractivity contribution in [1.29, 1.82) is 0 Å². The van der Waals surface area contributed by atoms with Gasteiger partial charge in [0, 0.05) is 25.9 Å². The van der Waals surface area contributed by atoms with Gasteiger partial charge in [-0.15, -0.1) is 0 Å². The molecule has 7 heteroatoms. The van der Waals surface area contributed by atoms with Gasteiger partial charge in [-0.1, -0.05) is 30.3 Å². The number of esters is 1. The van der Waals surface area contributed by atoms with Crippen LogP contribution in [0.2, 0.25) is 0 Å². The number of amides is 1. The summed E-state index contributed by atoms with van der Waals surface area (Å²) < 4.78 is 9.51. The van der Waals surface area contributed by atoms with Gasteiger partial charge in [0.15, 0.2) is 0 Å².